The molecule has 4 nitrogen and oxygen atoms in total. The van der Waals surface area contributed by atoms with Crippen molar-refractivity contribution in [1.82, 2.24) is 9.97 Å². The van der Waals surface area contributed by atoms with Gasteiger partial charge in [0.25, 0.3) is 0 Å². The van der Waals surface area contributed by atoms with Gasteiger partial charge in [-0.3, -0.25) is 0 Å². The summed E-state index contributed by atoms with van der Waals surface area (Å²) in [4.78, 5) is 11.2. The Balaban J connectivity index is 2.04. The number of nitrogens with one attached hydrogen (secondary N) is 1. The third-order valence-corrected chi connectivity index (χ3v) is 3.14. The minimum Gasteiger partial charge on any atom is -0.370 e. The van der Waals surface area contributed by atoms with Crippen molar-refractivity contribution in [2.24, 2.45) is 5.92 Å². The number of anilines is 2. The van der Waals surface area contributed by atoms with Crippen LogP contribution in [0.4, 0.5) is 11.8 Å². The molecule has 0 bridgehead atoms. The van der Waals surface area contributed by atoms with E-state index in [-0.39, 0.29) is 0 Å². The molecule has 1 aliphatic heterocycles. The van der Waals surface area contributed by atoms with E-state index in [9.17, 15) is 0 Å². The second-order valence-corrected chi connectivity index (χ2v) is 4.86. The Kier molecular flexibility index (Phi) is 4.18. The Hall–Kier alpha value is -1.32. The maximum atomic E-state index is 4.57. The topological polar surface area (TPSA) is 41.1 Å². The summed E-state index contributed by atoms with van der Waals surface area (Å²) < 4.78 is 0. The molecule has 1 unspecified atom stereocenters. The monoisotopic (exact) mass is 234 g/mol. The molecule has 1 atom stereocenters. The lowest BCUT2D eigenvalue weighted by Gasteiger charge is -2.30. The molecule has 0 amide bonds. The van der Waals surface area contributed by atoms with Gasteiger partial charge in [0.15, 0.2) is 0 Å². The Morgan fingerprint density at radius 2 is 2.41 bits per heavy atom. The zero-order valence-corrected chi connectivity index (χ0v) is 10.8. The third kappa shape index (κ3) is 3.32. The Morgan fingerprint density at radius 3 is 3.18 bits per heavy atom. The molecule has 2 heterocycles. The Labute approximate surface area is 103 Å². The number of hydrogen-bond donors (Lipinski definition) is 1. The summed E-state index contributed by atoms with van der Waals surface area (Å²) in [7, 11) is 0. The first kappa shape index (κ1) is 12.1. The van der Waals surface area contributed by atoms with Gasteiger partial charge in [0.1, 0.15) is 5.82 Å². The highest BCUT2D eigenvalue weighted by atomic mass is 15.3. The first-order valence-corrected chi connectivity index (χ1v) is 6.61. The lowest BCUT2D eigenvalue weighted by molar-refractivity contribution is 0.442. The van der Waals surface area contributed by atoms with Crippen LogP contribution >= 0.6 is 0 Å². The highest BCUT2D eigenvalue weighted by Crippen LogP contribution is 2.20. The van der Waals surface area contributed by atoms with E-state index in [0.717, 1.165) is 43.7 Å². The van der Waals surface area contributed by atoms with Gasteiger partial charge in [-0.05, 0) is 31.2 Å². The van der Waals surface area contributed by atoms with E-state index in [2.05, 4.69) is 34.0 Å². The maximum absolute atomic E-state index is 4.57. The summed E-state index contributed by atoms with van der Waals surface area (Å²) in [6.45, 7) is 7.58. The van der Waals surface area contributed by atoms with E-state index in [0.29, 0.717) is 0 Å². The molecule has 1 aromatic heterocycles. The van der Waals surface area contributed by atoms with Gasteiger partial charge >= 0.3 is 0 Å². The van der Waals surface area contributed by atoms with Gasteiger partial charge in [-0.2, -0.15) is 4.98 Å². The number of rotatable bonds is 4. The fraction of sp³-hybridized carbons (Fsp3) is 0.692. The number of nitrogens with zero attached hydrogens (tertiary/aromatic N) is 3. The molecule has 4 heteroatoms. The van der Waals surface area contributed by atoms with Crippen molar-refractivity contribution in [3.05, 3.63) is 12.3 Å². The van der Waals surface area contributed by atoms with Gasteiger partial charge in [-0.15, -0.1) is 0 Å². The second-order valence-electron chi connectivity index (χ2n) is 4.86. The van der Waals surface area contributed by atoms with Gasteiger partial charge in [0.2, 0.25) is 5.95 Å². The average Bonchev–Trinajstić information content (AvgIpc) is 2.37. The molecule has 0 radical (unpaired) electrons. The molecule has 2 rings (SSSR count). The van der Waals surface area contributed by atoms with E-state index in [1.165, 1.54) is 12.8 Å². The lowest BCUT2D eigenvalue weighted by atomic mass is 10.0. The lowest BCUT2D eigenvalue weighted by Crippen LogP contribution is -2.35. The molecule has 17 heavy (non-hydrogen) atoms. The molecular weight excluding hydrogens is 212 g/mol. The van der Waals surface area contributed by atoms with Gasteiger partial charge in [-0.25, -0.2) is 4.98 Å². The molecule has 1 saturated heterocycles. The zero-order chi connectivity index (χ0) is 12.1. The van der Waals surface area contributed by atoms with Crippen LogP contribution in [0.25, 0.3) is 0 Å². The van der Waals surface area contributed by atoms with Gasteiger partial charge < -0.3 is 10.2 Å². The molecule has 1 aromatic rings. The van der Waals surface area contributed by atoms with Gasteiger partial charge in [0, 0.05) is 25.8 Å². The zero-order valence-electron chi connectivity index (χ0n) is 10.8. The van der Waals surface area contributed by atoms with Crippen LogP contribution in [-0.2, 0) is 0 Å². The largest absolute Gasteiger partial charge is 0.370 e. The second kappa shape index (κ2) is 5.84. The van der Waals surface area contributed by atoms with Gasteiger partial charge in [0.05, 0.1) is 0 Å². The highest BCUT2D eigenvalue weighted by Gasteiger charge is 2.18. The summed E-state index contributed by atoms with van der Waals surface area (Å²) in [6.07, 6.45) is 5.53. The van der Waals surface area contributed by atoms with Crippen LogP contribution in [0, 0.1) is 5.92 Å². The van der Waals surface area contributed by atoms with Crippen LogP contribution in [0.5, 0.6) is 0 Å². The number of hydrogen-bond acceptors (Lipinski definition) is 4. The van der Waals surface area contributed by atoms with Crippen molar-refractivity contribution >= 4 is 11.8 Å². The Bertz CT molecular complexity index is 353. The minimum absolute atomic E-state index is 0.750. The minimum atomic E-state index is 0.750. The van der Waals surface area contributed by atoms with Gasteiger partial charge in [-0.1, -0.05) is 13.8 Å². The number of piperidine rings is 1. The predicted molar refractivity (Wildman–Crippen MR) is 71.4 cm³/mol. The fourth-order valence-electron chi connectivity index (χ4n) is 2.22. The standard InChI is InChI=1S/C13H22N4/c1-3-7-14-12-6-8-15-13(16-12)17-9-4-5-11(2)10-17/h6,8,11H,3-5,7,9-10H2,1-2H3,(H,14,15,16). The molecule has 94 valence electrons. The van der Waals surface area contributed by atoms with Crippen molar-refractivity contribution in [2.45, 2.75) is 33.1 Å². The van der Waals surface area contributed by atoms with Crippen LogP contribution in [0.15, 0.2) is 12.3 Å². The first-order chi connectivity index (χ1) is 8.29. The van der Waals surface area contributed by atoms with Crippen LogP contribution in [0.3, 0.4) is 0 Å². The summed E-state index contributed by atoms with van der Waals surface area (Å²) in [5.74, 6) is 2.56. The predicted octanol–water partition coefficient (Wildman–Crippen LogP) is 2.53. The van der Waals surface area contributed by atoms with Crippen LogP contribution in [-0.4, -0.2) is 29.6 Å². The third-order valence-electron chi connectivity index (χ3n) is 3.14. The molecule has 0 saturated carbocycles. The van der Waals surface area contributed by atoms with E-state index in [1.807, 2.05) is 12.3 Å². The van der Waals surface area contributed by atoms with Crippen LogP contribution in [0.1, 0.15) is 33.1 Å². The quantitative estimate of drug-likeness (QED) is 0.869. The summed E-state index contributed by atoms with van der Waals surface area (Å²) >= 11 is 0. The highest BCUT2D eigenvalue weighted by molar-refractivity contribution is 5.41. The maximum Gasteiger partial charge on any atom is 0.227 e. The normalized spacial score (nSPS) is 20.4. The van der Waals surface area contributed by atoms with Crippen LogP contribution in [0.2, 0.25) is 0 Å². The van der Waals surface area contributed by atoms with E-state index < -0.39 is 0 Å². The molecule has 0 aliphatic carbocycles. The van der Waals surface area contributed by atoms with E-state index in [1.54, 1.807) is 0 Å². The fourth-order valence-corrected chi connectivity index (χ4v) is 2.22. The summed E-state index contributed by atoms with van der Waals surface area (Å²) in [6, 6.07) is 1.94. The molecule has 0 spiro atoms. The molecular formula is C13H22N4. The van der Waals surface area contributed by atoms with Crippen molar-refractivity contribution < 1.29 is 0 Å². The van der Waals surface area contributed by atoms with Crippen molar-refractivity contribution in [3.8, 4) is 0 Å². The number of aromatic nitrogens is 2. The van der Waals surface area contributed by atoms with Crippen LogP contribution < -0.4 is 10.2 Å². The smallest absolute Gasteiger partial charge is 0.227 e. The summed E-state index contributed by atoms with van der Waals surface area (Å²) in [5, 5.41) is 3.31. The van der Waals surface area contributed by atoms with Crippen molar-refractivity contribution in [1.29, 1.82) is 0 Å². The molecule has 0 aromatic carbocycles. The Morgan fingerprint density at radius 1 is 1.53 bits per heavy atom. The van der Waals surface area contributed by atoms with E-state index >= 15 is 0 Å². The average molecular weight is 234 g/mol. The van der Waals surface area contributed by atoms with E-state index in [4.69, 9.17) is 0 Å². The first-order valence-electron chi connectivity index (χ1n) is 6.61. The molecule has 1 fully saturated rings. The summed E-state index contributed by atoms with van der Waals surface area (Å²) in [5.41, 5.74) is 0. The molecule has 1 N–H and O–H groups in total. The SMILES string of the molecule is CCCNc1ccnc(N2CCCC(C)C2)n1. The van der Waals surface area contributed by atoms with Crippen molar-refractivity contribution in [2.75, 3.05) is 29.9 Å². The van der Waals surface area contributed by atoms with Crippen molar-refractivity contribution in [3.63, 3.8) is 0 Å². The molecule has 1 aliphatic rings.